The minimum Gasteiger partial charge on any atom is -0.497 e. The van der Waals surface area contributed by atoms with Crippen LogP contribution in [-0.2, 0) is 4.79 Å². The third-order valence-electron chi connectivity index (χ3n) is 5.09. The number of nitrogens with zero attached hydrogens (tertiary/aromatic N) is 3. The van der Waals surface area contributed by atoms with Crippen LogP contribution < -0.4 is 14.5 Å². The zero-order valence-corrected chi connectivity index (χ0v) is 15.0. The van der Waals surface area contributed by atoms with Crippen LogP contribution in [0.25, 0.3) is 0 Å². The average molecular weight is 369 g/mol. The lowest BCUT2D eigenvalue weighted by Crippen LogP contribution is -2.51. The maximum atomic E-state index is 13.6. The number of piperazine rings is 1. The summed E-state index contributed by atoms with van der Waals surface area (Å²) in [5, 5.41) is 0. The van der Waals surface area contributed by atoms with E-state index >= 15 is 0 Å². The van der Waals surface area contributed by atoms with Gasteiger partial charge in [-0.1, -0.05) is 0 Å². The summed E-state index contributed by atoms with van der Waals surface area (Å²) in [7, 11) is 1.64. The average Bonchev–Trinajstić information content (AvgIpc) is 2.93. The van der Waals surface area contributed by atoms with Gasteiger partial charge in [-0.15, -0.1) is 0 Å². The summed E-state index contributed by atoms with van der Waals surface area (Å²) in [6.07, 6.45) is 0. The molecule has 2 aromatic rings. The normalized spacial score (nSPS) is 17.4. The van der Waals surface area contributed by atoms with Crippen molar-refractivity contribution in [2.24, 2.45) is 0 Å². The van der Waals surface area contributed by atoms with E-state index in [0.29, 0.717) is 5.69 Å². The van der Waals surface area contributed by atoms with Crippen LogP contribution in [0.4, 0.5) is 15.8 Å². The zero-order valence-electron chi connectivity index (χ0n) is 15.0. The van der Waals surface area contributed by atoms with Gasteiger partial charge in [0.1, 0.15) is 11.6 Å². The first-order chi connectivity index (χ1) is 13.1. The van der Waals surface area contributed by atoms with E-state index in [1.165, 1.54) is 23.1 Å². The monoisotopic (exact) mass is 369 g/mol. The first-order valence-corrected chi connectivity index (χ1v) is 8.84. The molecular formula is C20H20FN3O3. The fraction of sp³-hybridized carbons (Fsp3) is 0.300. The van der Waals surface area contributed by atoms with Crippen LogP contribution in [0.3, 0.4) is 0 Å². The predicted molar refractivity (Wildman–Crippen MR) is 99.9 cm³/mol. The number of fused-ring (bicyclic) bond motifs is 1. The molecule has 0 bridgehead atoms. The van der Waals surface area contributed by atoms with Crippen molar-refractivity contribution in [1.29, 1.82) is 0 Å². The maximum absolute atomic E-state index is 13.6. The van der Waals surface area contributed by atoms with E-state index in [-0.39, 0.29) is 12.2 Å². The van der Waals surface area contributed by atoms with Gasteiger partial charge in [-0.05, 0) is 42.5 Å². The molecule has 6 nitrogen and oxygen atoms in total. The van der Waals surface area contributed by atoms with E-state index in [2.05, 4.69) is 9.80 Å². The molecule has 4 rings (SSSR count). The summed E-state index contributed by atoms with van der Waals surface area (Å²) >= 11 is 0. The quantitative estimate of drug-likeness (QED) is 0.773. The molecule has 140 valence electrons. The number of anilines is 2. The third-order valence-corrected chi connectivity index (χ3v) is 5.09. The van der Waals surface area contributed by atoms with Crippen LogP contribution in [-0.4, -0.2) is 56.5 Å². The highest BCUT2D eigenvalue weighted by molar-refractivity contribution is 6.52. The number of hydrogen-bond acceptors (Lipinski definition) is 5. The highest BCUT2D eigenvalue weighted by Crippen LogP contribution is 2.30. The fourth-order valence-corrected chi connectivity index (χ4v) is 3.55. The molecule has 0 spiro atoms. The van der Waals surface area contributed by atoms with Crippen molar-refractivity contribution in [3.8, 4) is 5.75 Å². The summed E-state index contributed by atoms with van der Waals surface area (Å²) in [5.41, 5.74) is 1.76. The molecule has 1 fully saturated rings. The summed E-state index contributed by atoms with van der Waals surface area (Å²) in [5.74, 6) is -0.791. The smallest absolute Gasteiger partial charge is 0.300 e. The van der Waals surface area contributed by atoms with Crippen LogP contribution in [0.15, 0.2) is 42.5 Å². The Kier molecular flexibility index (Phi) is 4.53. The Balaban J connectivity index is 1.41. The van der Waals surface area contributed by atoms with Crippen molar-refractivity contribution in [2.75, 3.05) is 49.8 Å². The standard InChI is InChI=1S/C20H20FN3O3/c1-27-16-5-3-15(4-6-16)23-10-8-22(9-11-23)13-24-18-12-14(21)2-7-17(18)19(25)20(24)26/h2-7,12H,8-11,13H2,1H3. The second-order valence-electron chi connectivity index (χ2n) is 6.67. The number of methoxy groups -OCH3 is 1. The van der Waals surface area contributed by atoms with E-state index < -0.39 is 17.5 Å². The van der Waals surface area contributed by atoms with Crippen molar-refractivity contribution >= 4 is 23.1 Å². The molecule has 1 amide bonds. The third kappa shape index (κ3) is 3.26. The minimum absolute atomic E-state index is 0.276. The number of halogens is 1. The number of ketones is 1. The topological polar surface area (TPSA) is 53.1 Å². The molecule has 0 saturated carbocycles. The Morgan fingerprint density at radius 2 is 1.70 bits per heavy atom. The SMILES string of the molecule is COc1ccc(N2CCN(CN3C(=O)C(=O)c4ccc(F)cc43)CC2)cc1. The lowest BCUT2D eigenvalue weighted by Gasteiger charge is -2.37. The second kappa shape index (κ2) is 7.00. The maximum Gasteiger partial charge on any atom is 0.300 e. The van der Waals surface area contributed by atoms with E-state index in [1.54, 1.807) is 7.11 Å². The molecule has 0 atom stereocenters. The Bertz CT molecular complexity index is 877. The Hall–Kier alpha value is -2.93. The largest absolute Gasteiger partial charge is 0.497 e. The second-order valence-corrected chi connectivity index (χ2v) is 6.67. The summed E-state index contributed by atoms with van der Waals surface area (Å²) in [6.45, 7) is 3.39. The molecule has 0 N–H and O–H groups in total. The zero-order chi connectivity index (χ0) is 19.0. The van der Waals surface area contributed by atoms with Gasteiger partial charge >= 0.3 is 5.91 Å². The Labute approximate surface area is 156 Å². The minimum atomic E-state index is -0.590. The van der Waals surface area contributed by atoms with Gasteiger partial charge in [-0.3, -0.25) is 19.4 Å². The lowest BCUT2D eigenvalue weighted by atomic mass is 10.1. The van der Waals surface area contributed by atoms with Crippen LogP contribution >= 0.6 is 0 Å². The number of amides is 1. The number of rotatable bonds is 4. The van der Waals surface area contributed by atoms with Gasteiger partial charge in [0, 0.05) is 31.9 Å². The summed E-state index contributed by atoms with van der Waals surface area (Å²) in [6, 6.07) is 11.8. The number of benzene rings is 2. The molecule has 27 heavy (non-hydrogen) atoms. The Morgan fingerprint density at radius 3 is 2.37 bits per heavy atom. The van der Waals surface area contributed by atoms with Gasteiger partial charge in [-0.25, -0.2) is 4.39 Å². The van der Waals surface area contributed by atoms with Crippen molar-refractivity contribution < 1.29 is 18.7 Å². The van der Waals surface area contributed by atoms with Gasteiger partial charge in [0.15, 0.2) is 0 Å². The van der Waals surface area contributed by atoms with Gasteiger partial charge in [0.2, 0.25) is 0 Å². The summed E-state index contributed by atoms with van der Waals surface area (Å²) < 4.78 is 18.8. The fourth-order valence-electron chi connectivity index (χ4n) is 3.55. The summed E-state index contributed by atoms with van der Waals surface area (Å²) in [4.78, 5) is 30.1. The molecule has 2 heterocycles. The van der Waals surface area contributed by atoms with Crippen molar-refractivity contribution in [1.82, 2.24) is 4.90 Å². The molecule has 2 aliphatic heterocycles. The molecule has 0 unspecified atom stereocenters. The molecule has 2 aliphatic rings. The van der Waals surface area contributed by atoms with Crippen LogP contribution in [0.5, 0.6) is 5.75 Å². The number of hydrogen-bond donors (Lipinski definition) is 0. The molecule has 1 saturated heterocycles. The van der Waals surface area contributed by atoms with Gasteiger partial charge < -0.3 is 9.64 Å². The van der Waals surface area contributed by atoms with Crippen molar-refractivity contribution in [3.05, 3.63) is 53.8 Å². The number of Topliss-reactive ketones (excluding diaryl/α,β-unsaturated/α-hetero) is 1. The molecular weight excluding hydrogens is 349 g/mol. The molecule has 7 heteroatoms. The van der Waals surface area contributed by atoms with Gasteiger partial charge in [0.05, 0.1) is 25.0 Å². The van der Waals surface area contributed by atoms with Gasteiger partial charge in [-0.2, -0.15) is 0 Å². The van der Waals surface area contributed by atoms with Gasteiger partial charge in [0.25, 0.3) is 5.78 Å². The van der Waals surface area contributed by atoms with Crippen LogP contribution in [0, 0.1) is 5.82 Å². The predicted octanol–water partition coefficient (Wildman–Crippen LogP) is 2.14. The molecule has 0 aromatic heterocycles. The van der Waals surface area contributed by atoms with E-state index in [4.69, 9.17) is 4.74 Å². The van der Waals surface area contributed by atoms with Crippen molar-refractivity contribution in [2.45, 2.75) is 0 Å². The highest BCUT2D eigenvalue weighted by Gasteiger charge is 2.37. The number of ether oxygens (including phenoxy) is 1. The number of carbonyl (C=O) groups is 2. The van der Waals surface area contributed by atoms with Crippen molar-refractivity contribution in [3.63, 3.8) is 0 Å². The molecule has 0 aliphatic carbocycles. The van der Waals surface area contributed by atoms with E-state index in [1.807, 2.05) is 24.3 Å². The lowest BCUT2D eigenvalue weighted by molar-refractivity contribution is -0.114. The first-order valence-electron chi connectivity index (χ1n) is 8.84. The number of carbonyl (C=O) groups excluding carboxylic acids is 2. The highest BCUT2D eigenvalue weighted by atomic mass is 19.1. The van der Waals surface area contributed by atoms with E-state index in [9.17, 15) is 14.0 Å². The Morgan fingerprint density at radius 1 is 1.00 bits per heavy atom. The molecule has 0 radical (unpaired) electrons. The molecule has 2 aromatic carbocycles. The first kappa shape index (κ1) is 17.5. The van der Waals surface area contributed by atoms with Crippen LogP contribution in [0.1, 0.15) is 10.4 Å². The van der Waals surface area contributed by atoms with Crippen LogP contribution in [0.2, 0.25) is 0 Å². The van der Waals surface area contributed by atoms with E-state index in [0.717, 1.165) is 37.6 Å².